The summed E-state index contributed by atoms with van der Waals surface area (Å²) in [6.07, 6.45) is 0.998. The number of hydrogen-bond donors (Lipinski definition) is 1. The molecule has 0 radical (unpaired) electrons. The van der Waals surface area contributed by atoms with E-state index < -0.39 is 5.82 Å². The summed E-state index contributed by atoms with van der Waals surface area (Å²) in [5.74, 6) is -0.861. The predicted octanol–water partition coefficient (Wildman–Crippen LogP) is 4.42. The van der Waals surface area contributed by atoms with Crippen LogP contribution in [0.4, 0.5) is 4.39 Å². The minimum Gasteiger partial charge on any atom is -0.350 e. The Morgan fingerprint density at radius 2 is 1.89 bits per heavy atom. The fraction of sp³-hybridized carbons (Fsp3) is 0.227. The number of nitrogens with zero attached hydrogens (tertiary/aromatic N) is 1. The van der Waals surface area contributed by atoms with Gasteiger partial charge in [0.1, 0.15) is 5.82 Å². The van der Waals surface area contributed by atoms with E-state index in [9.17, 15) is 9.18 Å². The Labute approximate surface area is 162 Å². The smallest absolute Gasteiger partial charge is 0.254 e. The minimum absolute atomic E-state index is 0.0697. The molecule has 0 saturated heterocycles. The summed E-state index contributed by atoms with van der Waals surface area (Å²) >= 11 is 1.65. The van der Waals surface area contributed by atoms with Crippen molar-refractivity contribution < 1.29 is 9.18 Å². The van der Waals surface area contributed by atoms with Crippen LogP contribution < -0.4 is 5.32 Å². The van der Waals surface area contributed by atoms with E-state index >= 15 is 0 Å². The fourth-order valence-electron chi connectivity index (χ4n) is 3.64. The molecule has 0 bridgehead atoms. The quantitative estimate of drug-likeness (QED) is 0.711. The first-order valence-corrected chi connectivity index (χ1v) is 10.0. The molecule has 0 spiro atoms. The summed E-state index contributed by atoms with van der Waals surface area (Å²) in [5, 5.41) is 7.11. The number of fused-ring (bicyclic) bond motifs is 1. The standard InChI is InChI=1S/C22H21FN2OS/c23-20-8-4-3-7-19(20)22(26)24-13-21(18-10-12-27-15-18)25-11-9-16-5-1-2-6-17(16)14-25/h1-8,10,12,15,21H,9,11,13-14H2,(H,24,26)/t21-/m1/s1. The van der Waals surface area contributed by atoms with Crippen LogP contribution in [-0.4, -0.2) is 23.9 Å². The molecule has 138 valence electrons. The second-order valence-corrected chi connectivity index (χ2v) is 7.53. The minimum atomic E-state index is -0.492. The molecule has 1 N–H and O–H groups in total. The van der Waals surface area contributed by atoms with Crippen molar-refractivity contribution in [1.29, 1.82) is 0 Å². The largest absolute Gasteiger partial charge is 0.350 e. The number of carbonyl (C=O) groups excluding carboxylic acids is 1. The molecule has 0 fully saturated rings. The molecule has 2 aromatic carbocycles. The third kappa shape index (κ3) is 3.94. The lowest BCUT2D eigenvalue weighted by Crippen LogP contribution is -2.40. The van der Waals surface area contributed by atoms with Crippen LogP contribution in [0.2, 0.25) is 0 Å². The van der Waals surface area contributed by atoms with Gasteiger partial charge in [0.2, 0.25) is 0 Å². The zero-order valence-electron chi connectivity index (χ0n) is 14.9. The molecule has 5 heteroatoms. The highest BCUT2D eigenvalue weighted by Crippen LogP contribution is 2.28. The Morgan fingerprint density at radius 1 is 1.11 bits per heavy atom. The summed E-state index contributed by atoms with van der Waals surface area (Å²) in [5.41, 5.74) is 4.01. The van der Waals surface area contributed by atoms with Crippen molar-refractivity contribution in [1.82, 2.24) is 10.2 Å². The molecule has 0 unspecified atom stereocenters. The molecule has 3 aromatic rings. The molecule has 1 aliphatic heterocycles. The van der Waals surface area contributed by atoms with Crippen LogP contribution in [0, 0.1) is 5.82 Å². The monoisotopic (exact) mass is 380 g/mol. The van der Waals surface area contributed by atoms with Gasteiger partial charge < -0.3 is 5.32 Å². The molecular weight excluding hydrogens is 359 g/mol. The van der Waals surface area contributed by atoms with E-state index in [4.69, 9.17) is 0 Å². The number of thiophene rings is 1. The molecular formula is C22H21FN2OS. The Kier molecular flexibility index (Phi) is 5.32. The van der Waals surface area contributed by atoms with E-state index in [1.807, 2.05) is 0 Å². The summed E-state index contributed by atoms with van der Waals surface area (Å²) in [6.45, 7) is 2.24. The van der Waals surface area contributed by atoms with E-state index in [0.717, 1.165) is 19.5 Å². The molecule has 1 amide bonds. The Balaban J connectivity index is 1.51. The summed E-state index contributed by atoms with van der Waals surface area (Å²) < 4.78 is 13.9. The van der Waals surface area contributed by atoms with Crippen molar-refractivity contribution in [2.24, 2.45) is 0 Å². The highest BCUT2D eigenvalue weighted by atomic mass is 32.1. The van der Waals surface area contributed by atoms with Gasteiger partial charge >= 0.3 is 0 Å². The lowest BCUT2D eigenvalue weighted by Gasteiger charge is -2.35. The number of halogens is 1. The third-order valence-electron chi connectivity index (χ3n) is 5.10. The lowest BCUT2D eigenvalue weighted by molar-refractivity contribution is 0.0924. The molecule has 27 heavy (non-hydrogen) atoms. The van der Waals surface area contributed by atoms with Crippen LogP contribution in [0.5, 0.6) is 0 Å². The SMILES string of the molecule is O=C(NC[C@H](c1ccsc1)N1CCc2ccccc2C1)c1ccccc1F. The number of benzene rings is 2. The van der Waals surface area contributed by atoms with Gasteiger partial charge in [-0.05, 0) is 52.1 Å². The third-order valence-corrected chi connectivity index (χ3v) is 5.80. The maximum Gasteiger partial charge on any atom is 0.254 e. The Hall–Kier alpha value is -2.50. The van der Waals surface area contributed by atoms with Crippen LogP contribution in [0.3, 0.4) is 0 Å². The Morgan fingerprint density at radius 3 is 2.67 bits per heavy atom. The average molecular weight is 380 g/mol. The summed E-state index contributed by atoms with van der Waals surface area (Å²) in [6, 6.07) is 16.8. The van der Waals surface area contributed by atoms with Crippen LogP contribution in [0.25, 0.3) is 0 Å². The van der Waals surface area contributed by atoms with E-state index in [-0.39, 0.29) is 17.5 Å². The summed E-state index contributed by atoms with van der Waals surface area (Å²) in [7, 11) is 0. The number of carbonyl (C=O) groups is 1. The normalized spacial score (nSPS) is 15.1. The van der Waals surface area contributed by atoms with Crippen molar-refractivity contribution in [2.75, 3.05) is 13.1 Å². The van der Waals surface area contributed by atoms with Crippen molar-refractivity contribution in [3.8, 4) is 0 Å². The predicted molar refractivity (Wildman–Crippen MR) is 106 cm³/mol. The van der Waals surface area contributed by atoms with Crippen LogP contribution >= 0.6 is 11.3 Å². The van der Waals surface area contributed by atoms with Gasteiger partial charge in [-0.25, -0.2) is 4.39 Å². The average Bonchev–Trinajstić information content (AvgIpc) is 3.23. The first-order valence-electron chi connectivity index (χ1n) is 9.08. The maximum atomic E-state index is 13.9. The molecule has 1 aromatic heterocycles. The number of amides is 1. The molecule has 0 aliphatic carbocycles. The molecule has 1 atom stereocenters. The topological polar surface area (TPSA) is 32.3 Å². The highest BCUT2D eigenvalue weighted by molar-refractivity contribution is 7.07. The molecule has 4 rings (SSSR count). The lowest BCUT2D eigenvalue weighted by atomic mass is 9.97. The molecule has 1 aliphatic rings. The second-order valence-electron chi connectivity index (χ2n) is 6.75. The van der Waals surface area contributed by atoms with Gasteiger partial charge in [0.05, 0.1) is 11.6 Å². The molecule has 2 heterocycles. The van der Waals surface area contributed by atoms with E-state index in [1.165, 1.54) is 28.8 Å². The number of nitrogens with one attached hydrogen (secondary N) is 1. The zero-order valence-corrected chi connectivity index (χ0v) is 15.7. The fourth-order valence-corrected chi connectivity index (χ4v) is 4.34. The van der Waals surface area contributed by atoms with Crippen molar-refractivity contribution in [2.45, 2.75) is 19.0 Å². The number of rotatable bonds is 5. The van der Waals surface area contributed by atoms with Gasteiger partial charge in [-0.3, -0.25) is 9.69 Å². The van der Waals surface area contributed by atoms with Gasteiger partial charge in [-0.1, -0.05) is 36.4 Å². The first-order chi connectivity index (χ1) is 13.2. The van der Waals surface area contributed by atoms with Gasteiger partial charge in [0, 0.05) is 19.6 Å². The van der Waals surface area contributed by atoms with E-state index in [0.29, 0.717) is 6.54 Å². The van der Waals surface area contributed by atoms with Crippen LogP contribution in [0.1, 0.15) is 33.1 Å². The van der Waals surface area contributed by atoms with Crippen molar-refractivity contribution in [3.63, 3.8) is 0 Å². The van der Waals surface area contributed by atoms with Gasteiger partial charge in [-0.2, -0.15) is 11.3 Å². The maximum absolute atomic E-state index is 13.9. The van der Waals surface area contributed by atoms with Gasteiger partial charge in [0.15, 0.2) is 0 Å². The van der Waals surface area contributed by atoms with Gasteiger partial charge in [0.25, 0.3) is 5.91 Å². The highest BCUT2D eigenvalue weighted by Gasteiger charge is 2.26. The van der Waals surface area contributed by atoms with Crippen molar-refractivity contribution in [3.05, 3.63) is 93.4 Å². The van der Waals surface area contributed by atoms with Crippen molar-refractivity contribution >= 4 is 17.2 Å². The van der Waals surface area contributed by atoms with E-state index in [2.05, 4.69) is 51.3 Å². The number of hydrogen-bond acceptors (Lipinski definition) is 3. The Bertz CT molecular complexity index is 926. The second kappa shape index (κ2) is 8.03. The van der Waals surface area contributed by atoms with Crippen LogP contribution in [0.15, 0.2) is 65.4 Å². The van der Waals surface area contributed by atoms with E-state index in [1.54, 1.807) is 23.5 Å². The molecule has 3 nitrogen and oxygen atoms in total. The zero-order chi connectivity index (χ0) is 18.6. The van der Waals surface area contributed by atoms with Gasteiger partial charge in [-0.15, -0.1) is 0 Å². The first kappa shape index (κ1) is 17.9. The molecule has 0 saturated carbocycles. The van der Waals surface area contributed by atoms with Crippen LogP contribution in [-0.2, 0) is 13.0 Å². The summed E-state index contributed by atoms with van der Waals surface area (Å²) in [4.78, 5) is 14.8.